The lowest BCUT2D eigenvalue weighted by Crippen LogP contribution is -2.15. The first kappa shape index (κ1) is 15.1. The molecule has 0 saturated carbocycles. The second-order valence-electron chi connectivity index (χ2n) is 3.31. The van der Waals surface area contributed by atoms with E-state index in [-0.39, 0.29) is 12.7 Å². The lowest BCUT2D eigenvalue weighted by atomic mass is 10.1. The van der Waals surface area contributed by atoms with Crippen molar-refractivity contribution >= 4 is 5.97 Å². The standard InChI is InChI=1S/C10H8F5NO3/c1-2-19-9(18)4-3-5(17)7(10(13,14)15)16-6(4)8(11)12/h3,8,17H,2H2,1H3. The summed E-state index contributed by atoms with van der Waals surface area (Å²) in [6, 6.07) is 0.273. The van der Waals surface area contributed by atoms with Crippen LogP contribution in [0.5, 0.6) is 5.75 Å². The number of aromatic nitrogens is 1. The minimum Gasteiger partial charge on any atom is -0.506 e. The number of esters is 1. The first-order valence-corrected chi connectivity index (χ1v) is 4.94. The molecule has 1 aromatic rings. The maximum absolute atomic E-state index is 12.6. The smallest absolute Gasteiger partial charge is 0.437 e. The maximum Gasteiger partial charge on any atom is 0.437 e. The third kappa shape index (κ3) is 3.30. The number of aromatic hydroxyl groups is 1. The molecule has 0 aliphatic carbocycles. The first-order valence-electron chi connectivity index (χ1n) is 4.94. The molecular formula is C10H8F5NO3. The van der Waals surface area contributed by atoms with Crippen molar-refractivity contribution in [3.05, 3.63) is 23.0 Å². The number of ether oxygens (including phenoxy) is 1. The average molecular weight is 285 g/mol. The van der Waals surface area contributed by atoms with E-state index in [2.05, 4.69) is 9.72 Å². The number of carbonyl (C=O) groups excluding carboxylic acids is 1. The van der Waals surface area contributed by atoms with E-state index < -0.39 is 41.3 Å². The highest BCUT2D eigenvalue weighted by molar-refractivity contribution is 5.91. The molecule has 1 rings (SSSR count). The molecule has 0 aromatic carbocycles. The number of alkyl halides is 5. The third-order valence-electron chi connectivity index (χ3n) is 2.00. The van der Waals surface area contributed by atoms with Crippen LogP contribution in [-0.4, -0.2) is 22.7 Å². The molecule has 19 heavy (non-hydrogen) atoms. The van der Waals surface area contributed by atoms with Crippen LogP contribution in [0, 0.1) is 0 Å². The summed E-state index contributed by atoms with van der Waals surface area (Å²) in [5, 5.41) is 9.12. The van der Waals surface area contributed by atoms with E-state index >= 15 is 0 Å². The quantitative estimate of drug-likeness (QED) is 0.685. The van der Waals surface area contributed by atoms with E-state index in [0.717, 1.165) is 0 Å². The molecule has 1 aromatic heterocycles. The zero-order valence-electron chi connectivity index (χ0n) is 9.46. The normalized spacial score (nSPS) is 11.7. The zero-order valence-corrected chi connectivity index (χ0v) is 9.46. The lowest BCUT2D eigenvalue weighted by Gasteiger charge is -2.13. The largest absolute Gasteiger partial charge is 0.506 e. The van der Waals surface area contributed by atoms with Crippen LogP contribution < -0.4 is 0 Å². The predicted octanol–water partition coefficient (Wildman–Crippen LogP) is 2.92. The van der Waals surface area contributed by atoms with E-state index in [1.165, 1.54) is 6.92 Å². The molecule has 0 unspecified atom stereocenters. The van der Waals surface area contributed by atoms with Gasteiger partial charge in [0.05, 0.1) is 12.2 Å². The zero-order chi connectivity index (χ0) is 14.8. The van der Waals surface area contributed by atoms with Crippen molar-refractivity contribution in [2.75, 3.05) is 6.61 Å². The molecule has 0 radical (unpaired) electrons. The van der Waals surface area contributed by atoms with Gasteiger partial charge in [-0.05, 0) is 13.0 Å². The molecule has 0 amide bonds. The Balaban J connectivity index is 3.42. The van der Waals surface area contributed by atoms with Gasteiger partial charge in [0.1, 0.15) is 11.4 Å². The number of hydrogen-bond acceptors (Lipinski definition) is 4. The molecule has 0 saturated heterocycles. The highest BCUT2D eigenvalue weighted by atomic mass is 19.4. The van der Waals surface area contributed by atoms with Gasteiger partial charge in [-0.3, -0.25) is 0 Å². The minimum absolute atomic E-state index is 0.163. The Labute approximate surface area is 103 Å². The first-order chi connectivity index (χ1) is 8.68. The minimum atomic E-state index is -5.11. The number of pyridine rings is 1. The fourth-order valence-electron chi connectivity index (χ4n) is 1.26. The van der Waals surface area contributed by atoms with Crippen LogP contribution in [0.25, 0.3) is 0 Å². The summed E-state index contributed by atoms with van der Waals surface area (Å²) in [5.41, 5.74) is -4.17. The fourth-order valence-corrected chi connectivity index (χ4v) is 1.26. The van der Waals surface area contributed by atoms with Gasteiger partial charge in [-0.15, -0.1) is 0 Å². The highest BCUT2D eigenvalue weighted by Gasteiger charge is 2.38. The Morgan fingerprint density at radius 2 is 2.05 bits per heavy atom. The highest BCUT2D eigenvalue weighted by Crippen LogP contribution is 2.37. The fraction of sp³-hybridized carbons (Fsp3) is 0.400. The number of carbonyl (C=O) groups is 1. The summed E-state index contributed by atoms with van der Waals surface area (Å²) in [4.78, 5) is 13.9. The molecule has 0 spiro atoms. The van der Waals surface area contributed by atoms with E-state index in [4.69, 9.17) is 5.11 Å². The van der Waals surface area contributed by atoms with Gasteiger partial charge in [0.15, 0.2) is 5.69 Å². The van der Waals surface area contributed by atoms with Gasteiger partial charge in [-0.25, -0.2) is 18.6 Å². The van der Waals surface area contributed by atoms with Crippen LogP contribution in [-0.2, 0) is 10.9 Å². The number of hydrogen-bond donors (Lipinski definition) is 1. The van der Waals surface area contributed by atoms with E-state index in [9.17, 15) is 26.7 Å². The maximum atomic E-state index is 12.6. The van der Waals surface area contributed by atoms with Crippen LogP contribution in [0.1, 0.15) is 35.1 Å². The van der Waals surface area contributed by atoms with Crippen molar-refractivity contribution in [1.29, 1.82) is 0 Å². The van der Waals surface area contributed by atoms with Crippen molar-refractivity contribution in [2.24, 2.45) is 0 Å². The third-order valence-corrected chi connectivity index (χ3v) is 2.00. The Kier molecular flexibility index (Phi) is 4.28. The average Bonchev–Trinajstić information content (AvgIpc) is 2.26. The summed E-state index contributed by atoms with van der Waals surface area (Å²) < 4.78 is 66.8. The summed E-state index contributed by atoms with van der Waals surface area (Å²) in [7, 11) is 0. The van der Waals surface area contributed by atoms with E-state index in [1.54, 1.807) is 0 Å². The van der Waals surface area contributed by atoms with Crippen LogP contribution >= 0.6 is 0 Å². The second kappa shape index (κ2) is 5.37. The molecule has 0 aliphatic rings. The van der Waals surface area contributed by atoms with E-state index in [1.807, 2.05) is 0 Å². The van der Waals surface area contributed by atoms with Crippen LogP contribution in [0.2, 0.25) is 0 Å². The second-order valence-corrected chi connectivity index (χ2v) is 3.31. The van der Waals surface area contributed by atoms with Gasteiger partial charge < -0.3 is 9.84 Å². The molecular weight excluding hydrogens is 277 g/mol. The molecule has 1 heterocycles. The van der Waals surface area contributed by atoms with Crippen molar-refractivity contribution in [3.63, 3.8) is 0 Å². The predicted molar refractivity (Wildman–Crippen MR) is 51.8 cm³/mol. The SMILES string of the molecule is CCOC(=O)c1cc(O)c(C(F)(F)F)nc1C(F)F. The van der Waals surface area contributed by atoms with Crippen molar-refractivity contribution in [1.82, 2.24) is 4.98 Å². The molecule has 106 valence electrons. The van der Waals surface area contributed by atoms with Gasteiger partial charge in [-0.1, -0.05) is 0 Å². The van der Waals surface area contributed by atoms with Gasteiger partial charge in [0.25, 0.3) is 6.43 Å². The summed E-state index contributed by atoms with van der Waals surface area (Å²) in [5.74, 6) is -2.70. The summed E-state index contributed by atoms with van der Waals surface area (Å²) >= 11 is 0. The number of halogens is 5. The molecule has 0 atom stereocenters. The Morgan fingerprint density at radius 1 is 1.47 bits per heavy atom. The molecule has 0 bridgehead atoms. The van der Waals surface area contributed by atoms with Crippen molar-refractivity contribution in [3.8, 4) is 5.75 Å². The molecule has 1 N–H and O–H groups in total. The lowest BCUT2D eigenvalue weighted by molar-refractivity contribution is -0.142. The molecule has 9 heteroatoms. The van der Waals surface area contributed by atoms with Crippen LogP contribution in [0.15, 0.2) is 6.07 Å². The Morgan fingerprint density at radius 3 is 2.47 bits per heavy atom. The van der Waals surface area contributed by atoms with Gasteiger partial charge >= 0.3 is 12.1 Å². The monoisotopic (exact) mass is 285 g/mol. The Bertz CT molecular complexity index is 487. The van der Waals surface area contributed by atoms with Gasteiger partial charge in [0, 0.05) is 0 Å². The van der Waals surface area contributed by atoms with Gasteiger partial charge in [-0.2, -0.15) is 13.2 Å². The molecule has 0 aliphatic heterocycles. The number of nitrogens with zero attached hydrogens (tertiary/aromatic N) is 1. The number of rotatable bonds is 3. The summed E-state index contributed by atoms with van der Waals surface area (Å²) in [6.07, 6.45) is -8.53. The van der Waals surface area contributed by atoms with Crippen molar-refractivity contribution in [2.45, 2.75) is 19.5 Å². The molecule has 4 nitrogen and oxygen atoms in total. The van der Waals surface area contributed by atoms with Crippen molar-refractivity contribution < 1.29 is 36.6 Å². The summed E-state index contributed by atoms with van der Waals surface area (Å²) in [6.45, 7) is 1.22. The van der Waals surface area contributed by atoms with E-state index in [0.29, 0.717) is 0 Å². The molecule has 0 fully saturated rings. The topological polar surface area (TPSA) is 59.4 Å². The van der Waals surface area contributed by atoms with Crippen LogP contribution in [0.4, 0.5) is 22.0 Å². The van der Waals surface area contributed by atoms with Gasteiger partial charge in [0.2, 0.25) is 0 Å². The Hall–Kier alpha value is -1.93. The van der Waals surface area contributed by atoms with Crippen LogP contribution in [0.3, 0.4) is 0 Å².